The van der Waals surface area contributed by atoms with Crippen LogP contribution in [0, 0.1) is 0 Å². The molecule has 1 atom stereocenters. The average Bonchev–Trinajstić information content (AvgIpc) is 2.63. The fraction of sp³-hybridized carbons (Fsp3) is 0.364. The summed E-state index contributed by atoms with van der Waals surface area (Å²) < 4.78 is 15.6. The van der Waals surface area contributed by atoms with Gasteiger partial charge >= 0.3 is 0 Å². The molecule has 0 spiro atoms. The van der Waals surface area contributed by atoms with Crippen molar-refractivity contribution in [3.8, 4) is 11.5 Å². The summed E-state index contributed by atoms with van der Waals surface area (Å²) in [4.78, 5) is 11.7. The zero-order chi connectivity index (χ0) is 11.7. The lowest BCUT2D eigenvalue weighted by atomic mass is 10.1. The largest absolute Gasteiger partial charge is 0.493 e. The molecule has 86 valence electrons. The Balaban J connectivity index is 2.54. The molecular weight excluding hydrogens is 228 g/mol. The second-order valence-corrected chi connectivity index (χ2v) is 4.30. The summed E-state index contributed by atoms with van der Waals surface area (Å²) in [5.41, 5.74) is 1.23. The van der Waals surface area contributed by atoms with Crippen molar-refractivity contribution in [2.45, 2.75) is 5.44 Å². The van der Waals surface area contributed by atoms with Crippen LogP contribution in [-0.4, -0.2) is 26.4 Å². The van der Waals surface area contributed by atoms with E-state index in [-0.39, 0.29) is 10.6 Å². The van der Waals surface area contributed by atoms with Gasteiger partial charge in [0.15, 0.2) is 11.5 Å². The maximum Gasteiger partial charge on any atom is 0.222 e. The first-order chi connectivity index (χ1) is 7.71. The Labute approximate surface area is 97.9 Å². The fourth-order valence-corrected chi connectivity index (χ4v) is 2.58. The van der Waals surface area contributed by atoms with Gasteiger partial charge in [-0.15, -0.1) is 0 Å². The summed E-state index contributed by atoms with van der Waals surface area (Å²) in [6, 6.07) is 3.49. The third kappa shape index (κ3) is 1.66. The summed E-state index contributed by atoms with van der Waals surface area (Å²) in [6.07, 6.45) is 0. The average molecular weight is 240 g/mol. The molecule has 0 fully saturated rings. The van der Waals surface area contributed by atoms with Crippen LogP contribution < -0.4 is 9.47 Å². The predicted octanol–water partition coefficient (Wildman–Crippen LogP) is 2.24. The first-order valence-corrected chi connectivity index (χ1v) is 5.59. The van der Waals surface area contributed by atoms with Crippen LogP contribution >= 0.6 is 11.8 Å². The minimum Gasteiger partial charge on any atom is -0.493 e. The molecule has 4 nitrogen and oxygen atoms in total. The maximum absolute atomic E-state index is 11.7. The number of rotatable bonds is 3. The van der Waals surface area contributed by atoms with Crippen LogP contribution in [0.5, 0.6) is 11.5 Å². The smallest absolute Gasteiger partial charge is 0.222 e. The Kier molecular flexibility index (Phi) is 3.07. The van der Waals surface area contributed by atoms with Crippen LogP contribution in [0.25, 0.3) is 0 Å². The van der Waals surface area contributed by atoms with E-state index in [1.165, 1.54) is 0 Å². The number of hydrogen-bond acceptors (Lipinski definition) is 5. The summed E-state index contributed by atoms with van der Waals surface area (Å²) >= 11 is 1.16. The van der Waals surface area contributed by atoms with Crippen LogP contribution in [-0.2, 0) is 4.74 Å². The molecule has 5 heteroatoms. The molecule has 1 aromatic carbocycles. The standard InChI is InChI=1S/C11H12O4S/c1-13-8-4-6-7(5-9(8)14-2)11(15-3)16-10(6)12/h4-5,11H,1-3H3. The van der Waals surface area contributed by atoms with Gasteiger partial charge in [0.05, 0.1) is 14.2 Å². The SMILES string of the molecule is COc1cc2c(cc1OC)C(OC)SC2=O. The van der Waals surface area contributed by atoms with Gasteiger partial charge in [-0.05, 0) is 23.9 Å². The lowest BCUT2D eigenvalue weighted by Gasteiger charge is -2.11. The summed E-state index contributed by atoms with van der Waals surface area (Å²) in [6.45, 7) is 0. The molecule has 0 saturated heterocycles. The van der Waals surface area contributed by atoms with Gasteiger partial charge in [0, 0.05) is 18.2 Å². The topological polar surface area (TPSA) is 44.8 Å². The van der Waals surface area contributed by atoms with Gasteiger partial charge in [-0.1, -0.05) is 0 Å². The lowest BCUT2D eigenvalue weighted by molar-refractivity contribution is 0.109. The molecule has 0 N–H and O–H groups in total. The van der Waals surface area contributed by atoms with Crippen molar-refractivity contribution >= 4 is 16.9 Å². The Bertz CT molecular complexity index is 430. The van der Waals surface area contributed by atoms with Gasteiger partial charge in [0.2, 0.25) is 5.12 Å². The molecule has 1 aliphatic rings. The second-order valence-electron chi connectivity index (χ2n) is 3.27. The number of carbonyl (C=O) groups excluding carboxylic acids is 1. The third-order valence-corrected chi connectivity index (χ3v) is 3.55. The van der Waals surface area contributed by atoms with Crippen molar-refractivity contribution in [3.05, 3.63) is 23.3 Å². The first-order valence-electron chi connectivity index (χ1n) is 4.71. The van der Waals surface area contributed by atoms with Gasteiger partial charge in [-0.2, -0.15) is 0 Å². The number of benzene rings is 1. The lowest BCUT2D eigenvalue weighted by Crippen LogP contribution is -1.97. The predicted molar refractivity (Wildman–Crippen MR) is 61.2 cm³/mol. The highest BCUT2D eigenvalue weighted by Gasteiger charge is 2.32. The molecule has 1 heterocycles. The van der Waals surface area contributed by atoms with E-state index in [4.69, 9.17) is 14.2 Å². The van der Waals surface area contributed by atoms with Gasteiger partial charge < -0.3 is 14.2 Å². The van der Waals surface area contributed by atoms with Gasteiger partial charge in [-0.25, -0.2) is 0 Å². The molecule has 0 aliphatic carbocycles. The molecule has 0 bridgehead atoms. The molecule has 2 rings (SSSR count). The molecule has 1 aliphatic heterocycles. The quantitative estimate of drug-likeness (QED) is 0.810. The third-order valence-electron chi connectivity index (χ3n) is 2.46. The van der Waals surface area contributed by atoms with Crippen LogP contribution in [0.2, 0.25) is 0 Å². The Morgan fingerprint density at radius 3 is 2.31 bits per heavy atom. The Hall–Kier alpha value is -1.20. The Morgan fingerprint density at radius 2 is 1.75 bits per heavy atom. The highest BCUT2D eigenvalue weighted by Crippen LogP contribution is 2.45. The number of methoxy groups -OCH3 is 3. The molecule has 1 unspecified atom stereocenters. The van der Waals surface area contributed by atoms with Crippen molar-refractivity contribution in [3.63, 3.8) is 0 Å². The summed E-state index contributed by atoms with van der Waals surface area (Å²) in [7, 11) is 4.69. The van der Waals surface area contributed by atoms with Crippen molar-refractivity contribution in [2.75, 3.05) is 21.3 Å². The zero-order valence-electron chi connectivity index (χ0n) is 9.27. The van der Waals surface area contributed by atoms with E-state index >= 15 is 0 Å². The normalized spacial score (nSPS) is 18.4. The highest BCUT2D eigenvalue weighted by molar-refractivity contribution is 8.14. The molecule has 0 saturated carbocycles. The van der Waals surface area contributed by atoms with E-state index in [0.29, 0.717) is 17.1 Å². The minimum atomic E-state index is -0.248. The Morgan fingerprint density at radius 1 is 1.12 bits per heavy atom. The van der Waals surface area contributed by atoms with Crippen LogP contribution in [0.1, 0.15) is 21.4 Å². The van der Waals surface area contributed by atoms with E-state index in [0.717, 1.165) is 17.3 Å². The van der Waals surface area contributed by atoms with E-state index in [9.17, 15) is 4.79 Å². The molecule has 16 heavy (non-hydrogen) atoms. The van der Waals surface area contributed by atoms with Gasteiger partial charge in [0.25, 0.3) is 0 Å². The number of hydrogen-bond donors (Lipinski definition) is 0. The summed E-state index contributed by atoms with van der Waals surface area (Å²) in [5, 5.41) is 0.00260. The minimum absolute atomic E-state index is 0.00260. The van der Waals surface area contributed by atoms with E-state index in [2.05, 4.69) is 0 Å². The van der Waals surface area contributed by atoms with Crippen molar-refractivity contribution < 1.29 is 19.0 Å². The molecule has 1 aromatic rings. The number of ether oxygens (including phenoxy) is 3. The monoisotopic (exact) mass is 240 g/mol. The zero-order valence-corrected chi connectivity index (χ0v) is 10.1. The maximum atomic E-state index is 11.7. The fourth-order valence-electron chi connectivity index (χ4n) is 1.67. The van der Waals surface area contributed by atoms with Gasteiger partial charge in [-0.3, -0.25) is 4.79 Å². The first kappa shape index (κ1) is 11.3. The summed E-state index contributed by atoms with van der Waals surface area (Å²) in [5.74, 6) is 1.17. The van der Waals surface area contributed by atoms with Crippen LogP contribution in [0.3, 0.4) is 0 Å². The van der Waals surface area contributed by atoms with Gasteiger partial charge in [0.1, 0.15) is 5.44 Å². The van der Waals surface area contributed by atoms with E-state index < -0.39 is 0 Å². The number of fused-ring (bicyclic) bond motifs is 1. The molecule has 0 aromatic heterocycles. The highest BCUT2D eigenvalue weighted by atomic mass is 32.2. The number of carbonyl (C=O) groups is 1. The number of thioether (sulfide) groups is 1. The molecule has 0 radical (unpaired) electrons. The van der Waals surface area contributed by atoms with Crippen molar-refractivity contribution in [1.82, 2.24) is 0 Å². The molecular formula is C11H12O4S. The van der Waals surface area contributed by atoms with E-state index in [1.807, 2.05) is 0 Å². The van der Waals surface area contributed by atoms with Crippen molar-refractivity contribution in [2.24, 2.45) is 0 Å². The van der Waals surface area contributed by atoms with Crippen molar-refractivity contribution in [1.29, 1.82) is 0 Å². The van der Waals surface area contributed by atoms with E-state index in [1.54, 1.807) is 33.5 Å². The molecule has 0 amide bonds. The van der Waals surface area contributed by atoms with Crippen LogP contribution in [0.4, 0.5) is 0 Å². The van der Waals surface area contributed by atoms with Crippen LogP contribution in [0.15, 0.2) is 12.1 Å². The second kappa shape index (κ2) is 4.35.